The fraction of sp³-hybridized carbons (Fsp3) is 0.500. The lowest BCUT2D eigenvalue weighted by atomic mass is 9.92. The molecule has 0 bridgehead atoms. The number of likely N-dealkylation sites (tertiary alicyclic amines) is 1. The fourth-order valence-electron chi connectivity index (χ4n) is 3.66. The molecule has 1 amide bonds. The third-order valence-electron chi connectivity index (χ3n) is 5.01. The number of aryl methyl sites for hydroxylation is 2. The minimum absolute atomic E-state index is 0.121. The van der Waals surface area contributed by atoms with Crippen LogP contribution in [0.2, 0.25) is 0 Å². The quantitative estimate of drug-likeness (QED) is 0.711. The molecule has 0 spiro atoms. The molecule has 1 aliphatic heterocycles. The lowest BCUT2D eigenvalue weighted by molar-refractivity contribution is -0.153. The Hall–Kier alpha value is -2.63. The third-order valence-corrected chi connectivity index (χ3v) is 5.01. The van der Waals surface area contributed by atoms with E-state index < -0.39 is 5.97 Å². The van der Waals surface area contributed by atoms with E-state index in [0.717, 1.165) is 25.1 Å². The highest BCUT2D eigenvalue weighted by Crippen LogP contribution is 2.22. The van der Waals surface area contributed by atoms with E-state index in [1.165, 1.54) is 5.56 Å². The predicted molar refractivity (Wildman–Crippen MR) is 105 cm³/mol. The van der Waals surface area contributed by atoms with Crippen molar-refractivity contribution in [1.29, 1.82) is 0 Å². The van der Waals surface area contributed by atoms with E-state index in [2.05, 4.69) is 18.8 Å². The van der Waals surface area contributed by atoms with Gasteiger partial charge in [0.1, 0.15) is 0 Å². The van der Waals surface area contributed by atoms with Crippen molar-refractivity contribution in [1.82, 2.24) is 9.88 Å². The topological polar surface area (TPSA) is 72.6 Å². The van der Waals surface area contributed by atoms with Gasteiger partial charge < -0.3 is 14.1 Å². The molecule has 1 fully saturated rings. The number of rotatable bonds is 6. The van der Waals surface area contributed by atoms with Gasteiger partial charge in [0.05, 0.1) is 12.6 Å². The van der Waals surface area contributed by atoms with Gasteiger partial charge in [-0.2, -0.15) is 0 Å². The zero-order valence-corrected chi connectivity index (χ0v) is 16.8. The summed E-state index contributed by atoms with van der Waals surface area (Å²) in [6.45, 7) is 7.58. The average Bonchev–Trinajstić information content (AvgIpc) is 3.13. The summed E-state index contributed by atoms with van der Waals surface area (Å²) >= 11 is 0. The second-order valence-electron chi connectivity index (χ2n) is 7.89. The number of benzene rings is 1. The molecule has 1 aromatic carbocycles. The van der Waals surface area contributed by atoms with Crippen molar-refractivity contribution in [2.24, 2.45) is 11.8 Å². The van der Waals surface area contributed by atoms with Gasteiger partial charge in [0.15, 0.2) is 18.3 Å². The van der Waals surface area contributed by atoms with Crippen LogP contribution >= 0.6 is 0 Å². The Morgan fingerprint density at radius 2 is 1.86 bits per heavy atom. The van der Waals surface area contributed by atoms with Crippen molar-refractivity contribution in [3.05, 3.63) is 41.9 Å². The number of piperidine rings is 1. The number of hydrogen-bond acceptors (Lipinski definition) is 5. The highest BCUT2D eigenvalue weighted by molar-refractivity contribution is 5.80. The molecule has 2 atom stereocenters. The molecule has 6 heteroatoms. The van der Waals surface area contributed by atoms with Crippen molar-refractivity contribution in [2.75, 3.05) is 19.7 Å². The highest BCUT2D eigenvalue weighted by atomic mass is 16.5. The van der Waals surface area contributed by atoms with E-state index in [-0.39, 0.29) is 18.9 Å². The van der Waals surface area contributed by atoms with Crippen molar-refractivity contribution in [3.8, 4) is 11.3 Å². The zero-order chi connectivity index (χ0) is 20.1. The van der Waals surface area contributed by atoms with Gasteiger partial charge in [0, 0.05) is 25.1 Å². The van der Waals surface area contributed by atoms with E-state index in [1.807, 2.05) is 31.2 Å². The smallest absolute Gasteiger partial charge is 0.306 e. The maximum Gasteiger partial charge on any atom is 0.306 e. The lowest BCUT2D eigenvalue weighted by Crippen LogP contribution is -2.44. The average molecular weight is 384 g/mol. The van der Waals surface area contributed by atoms with Crippen LogP contribution in [0, 0.1) is 18.8 Å². The van der Waals surface area contributed by atoms with E-state index in [9.17, 15) is 9.59 Å². The highest BCUT2D eigenvalue weighted by Gasteiger charge is 2.25. The Morgan fingerprint density at radius 3 is 2.54 bits per heavy atom. The molecule has 1 aromatic heterocycles. The van der Waals surface area contributed by atoms with Crippen molar-refractivity contribution in [2.45, 2.75) is 40.0 Å². The molecule has 3 rings (SSSR count). The first-order chi connectivity index (χ1) is 13.4. The van der Waals surface area contributed by atoms with Crippen LogP contribution in [-0.4, -0.2) is 41.5 Å². The van der Waals surface area contributed by atoms with Crippen LogP contribution in [-0.2, 0) is 20.7 Å². The van der Waals surface area contributed by atoms with Crippen molar-refractivity contribution < 1.29 is 18.7 Å². The second kappa shape index (κ2) is 9.04. The summed E-state index contributed by atoms with van der Waals surface area (Å²) < 4.78 is 10.9. The van der Waals surface area contributed by atoms with E-state index >= 15 is 0 Å². The molecule has 6 nitrogen and oxygen atoms in total. The predicted octanol–water partition coefficient (Wildman–Crippen LogP) is 3.63. The molecule has 0 radical (unpaired) electrons. The molecule has 1 aliphatic rings. The summed E-state index contributed by atoms with van der Waals surface area (Å²) in [6.07, 6.45) is 3.27. The normalized spacial score (nSPS) is 19.5. The standard InChI is InChI=1S/C22H28N2O4/c1-15-4-6-18(7-5-15)19-11-23-20(28-19)8-9-22(26)27-14-21(25)24-12-16(2)10-17(3)13-24/h4-7,11,16-17H,8-10,12-14H2,1-3H3/t16-,17+. The molecule has 0 saturated carbocycles. The molecule has 0 aliphatic carbocycles. The van der Waals surface area contributed by atoms with E-state index in [4.69, 9.17) is 9.15 Å². The number of amides is 1. The number of aromatic nitrogens is 1. The van der Waals surface area contributed by atoms with Crippen molar-refractivity contribution in [3.63, 3.8) is 0 Å². The summed E-state index contributed by atoms with van der Waals surface area (Å²) in [5.74, 6) is 1.59. The summed E-state index contributed by atoms with van der Waals surface area (Å²) in [5.41, 5.74) is 2.12. The number of hydrogen-bond donors (Lipinski definition) is 0. The van der Waals surface area contributed by atoms with Gasteiger partial charge in [-0.05, 0) is 25.2 Å². The van der Waals surface area contributed by atoms with Gasteiger partial charge in [0.2, 0.25) is 0 Å². The summed E-state index contributed by atoms with van der Waals surface area (Å²) in [4.78, 5) is 30.3. The van der Waals surface area contributed by atoms with Gasteiger partial charge in [-0.3, -0.25) is 9.59 Å². The number of carbonyl (C=O) groups excluding carboxylic acids is 2. The zero-order valence-electron chi connectivity index (χ0n) is 16.8. The molecule has 28 heavy (non-hydrogen) atoms. The molecule has 0 unspecified atom stereocenters. The third kappa shape index (κ3) is 5.44. The van der Waals surface area contributed by atoms with Gasteiger partial charge in [-0.15, -0.1) is 0 Å². The molecule has 2 heterocycles. The molecule has 2 aromatic rings. The molecule has 0 N–H and O–H groups in total. The van der Waals surface area contributed by atoms with Crippen LogP contribution in [0.5, 0.6) is 0 Å². The fourth-order valence-corrected chi connectivity index (χ4v) is 3.66. The minimum atomic E-state index is -0.415. The molecule has 150 valence electrons. The minimum Gasteiger partial charge on any atom is -0.456 e. The Labute approximate surface area is 165 Å². The maximum absolute atomic E-state index is 12.3. The summed E-state index contributed by atoms with van der Waals surface area (Å²) in [7, 11) is 0. The number of oxazole rings is 1. The Morgan fingerprint density at radius 1 is 1.18 bits per heavy atom. The van der Waals surface area contributed by atoms with E-state index in [0.29, 0.717) is 29.9 Å². The van der Waals surface area contributed by atoms with Crippen LogP contribution in [0.1, 0.15) is 38.1 Å². The first kappa shape index (κ1) is 20.1. The Bertz CT molecular complexity index is 802. The summed E-state index contributed by atoms with van der Waals surface area (Å²) in [6, 6.07) is 7.97. The van der Waals surface area contributed by atoms with E-state index in [1.54, 1.807) is 11.1 Å². The van der Waals surface area contributed by atoms with Crippen LogP contribution < -0.4 is 0 Å². The van der Waals surface area contributed by atoms with Crippen LogP contribution in [0.15, 0.2) is 34.9 Å². The molecular weight excluding hydrogens is 356 g/mol. The lowest BCUT2D eigenvalue weighted by Gasteiger charge is -2.34. The van der Waals surface area contributed by atoms with Crippen LogP contribution in [0.4, 0.5) is 0 Å². The van der Waals surface area contributed by atoms with Crippen LogP contribution in [0.3, 0.4) is 0 Å². The van der Waals surface area contributed by atoms with Gasteiger partial charge in [0.25, 0.3) is 5.91 Å². The van der Waals surface area contributed by atoms with Gasteiger partial charge in [-0.25, -0.2) is 4.98 Å². The van der Waals surface area contributed by atoms with Crippen LogP contribution in [0.25, 0.3) is 11.3 Å². The SMILES string of the molecule is Cc1ccc(-c2cnc(CCC(=O)OCC(=O)N3C[C@H](C)C[C@H](C)C3)o2)cc1. The number of carbonyl (C=O) groups is 2. The summed E-state index contributed by atoms with van der Waals surface area (Å²) in [5, 5.41) is 0. The Balaban J connectivity index is 1.43. The second-order valence-corrected chi connectivity index (χ2v) is 7.89. The van der Waals surface area contributed by atoms with Gasteiger partial charge in [-0.1, -0.05) is 43.7 Å². The van der Waals surface area contributed by atoms with Crippen molar-refractivity contribution >= 4 is 11.9 Å². The number of ether oxygens (including phenoxy) is 1. The number of nitrogens with zero attached hydrogens (tertiary/aromatic N) is 2. The first-order valence-corrected chi connectivity index (χ1v) is 9.86. The number of esters is 1. The largest absolute Gasteiger partial charge is 0.456 e. The monoisotopic (exact) mass is 384 g/mol. The first-order valence-electron chi connectivity index (χ1n) is 9.86. The van der Waals surface area contributed by atoms with Gasteiger partial charge >= 0.3 is 5.97 Å². The Kier molecular flexibility index (Phi) is 6.49. The molecule has 1 saturated heterocycles. The molecular formula is C22H28N2O4. The maximum atomic E-state index is 12.3.